The first kappa shape index (κ1) is 25.0. The van der Waals surface area contributed by atoms with E-state index in [0.29, 0.717) is 38.0 Å². The second kappa shape index (κ2) is 11.9. The van der Waals surface area contributed by atoms with Gasteiger partial charge in [-0.2, -0.15) is 11.8 Å². The number of aryl methyl sites for hydroxylation is 1. The van der Waals surface area contributed by atoms with Crippen molar-refractivity contribution in [2.24, 2.45) is 4.99 Å². The standard InChI is InChI=1S/C19H27N5O3S2.HI/c1-15-3-5-16(6-4-15)18-23-17(14-27-18)13-22-19(20-2)21-7-12-29(25,26)24-8-10-28-11-9-24;/h3-6,14H,7-13H2,1-2H3,(H2,20,21,22);1H. The summed E-state index contributed by atoms with van der Waals surface area (Å²) in [5, 5.41) is 6.18. The molecule has 2 aromatic rings. The Kier molecular flexibility index (Phi) is 9.91. The van der Waals surface area contributed by atoms with E-state index in [-0.39, 0.29) is 29.7 Å². The van der Waals surface area contributed by atoms with Gasteiger partial charge in [-0.05, 0) is 19.1 Å². The van der Waals surface area contributed by atoms with Crippen LogP contribution in [0.5, 0.6) is 0 Å². The van der Waals surface area contributed by atoms with Crippen LogP contribution in [0.25, 0.3) is 11.5 Å². The molecule has 3 rings (SSSR count). The molecule has 0 bridgehead atoms. The molecule has 2 heterocycles. The van der Waals surface area contributed by atoms with E-state index in [1.165, 1.54) is 5.56 Å². The molecule has 11 heteroatoms. The van der Waals surface area contributed by atoms with E-state index in [1.807, 2.05) is 31.2 Å². The fourth-order valence-corrected chi connectivity index (χ4v) is 5.36. The van der Waals surface area contributed by atoms with Crippen LogP contribution in [0.2, 0.25) is 0 Å². The Morgan fingerprint density at radius 2 is 1.93 bits per heavy atom. The Bertz CT molecular complexity index is 926. The van der Waals surface area contributed by atoms with Gasteiger partial charge in [-0.3, -0.25) is 4.99 Å². The van der Waals surface area contributed by atoms with Crippen molar-refractivity contribution in [3.63, 3.8) is 0 Å². The van der Waals surface area contributed by atoms with Crippen molar-refractivity contribution >= 4 is 51.7 Å². The van der Waals surface area contributed by atoms with E-state index < -0.39 is 10.0 Å². The van der Waals surface area contributed by atoms with Gasteiger partial charge in [0.15, 0.2) is 5.96 Å². The Balaban J connectivity index is 0.00000320. The molecule has 0 atom stereocenters. The van der Waals surface area contributed by atoms with Crippen LogP contribution < -0.4 is 10.6 Å². The molecule has 30 heavy (non-hydrogen) atoms. The molecule has 0 radical (unpaired) electrons. The molecule has 1 aliphatic heterocycles. The summed E-state index contributed by atoms with van der Waals surface area (Å²) in [5.74, 6) is 2.85. The fourth-order valence-electron chi connectivity index (χ4n) is 2.86. The van der Waals surface area contributed by atoms with Crippen molar-refractivity contribution in [1.29, 1.82) is 0 Å². The SMILES string of the molecule is CN=C(NCCS(=O)(=O)N1CCSCC1)NCc1coc(-c2ccc(C)cc2)n1.I. The Morgan fingerprint density at radius 3 is 2.60 bits per heavy atom. The predicted octanol–water partition coefficient (Wildman–Crippen LogP) is 2.31. The van der Waals surface area contributed by atoms with Crippen LogP contribution in [0, 0.1) is 6.92 Å². The molecule has 1 aromatic heterocycles. The number of rotatable bonds is 7. The molecule has 0 aliphatic carbocycles. The number of oxazole rings is 1. The number of guanidine groups is 1. The van der Waals surface area contributed by atoms with Crippen molar-refractivity contribution < 1.29 is 12.8 Å². The summed E-state index contributed by atoms with van der Waals surface area (Å²) in [6.07, 6.45) is 1.61. The van der Waals surface area contributed by atoms with Crippen molar-refractivity contribution in [1.82, 2.24) is 19.9 Å². The van der Waals surface area contributed by atoms with Crippen molar-refractivity contribution in [3.05, 3.63) is 41.8 Å². The van der Waals surface area contributed by atoms with Gasteiger partial charge in [-0.15, -0.1) is 24.0 Å². The second-order valence-electron chi connectivity index (χ2n) is 6.69. The van der Waals surface area contributed by atoms with E-state index in [0.717, 1.165) is 22.8 Å². The van der Waals surface area contributed by atoms with E-state index in [4.69, 9.17) is 4.42 Å². The lowest BCUT2D eigenvalue weighted by molar-refractivity contribution is 0.443. The highest BCUT2D eigenvalue weighted by Gasteiger charge is 2.23. The minimum absolute atomic E-state index is 0. The molecule has 8 nitrogen and oxygen atoms in total. The Morgan fingerprint density at radius 1 is 1.23 bits per heavy atom. The lowest BCUT2D eigenvalue weighted by Crippen LogP contribution is -2.44. The fraction of sp³-hybridized carbons (Fsp3) is 0.474. The maximum Gasteiger partial charge on any atom is 0.226 e. The highest BCUT2D eigenvalue weighted by Crippen LogP contribution is 2.19. The average Bonchev–Trinajstić information content (AvgIpc) is 3.20. The van der Waals surface area contributed by atoms with Gasteiger partial charge >= 0.3 is 0 Å². The zero-order valence-electron chi connectivity index (χ0n) is 17.1. The van der Waals surface area contributed by atoms with Crippen molar-refractivity contribution in [2.75, 3.05) is 43.9 Å². The molecule has 1 aromatic carbocycles. The third kappa shape index (κ3) is 7.13. The zero-order valence-corrected chi connectivity index (χ0v) is 21.1. The van der Waals surface area contributed by atoms with Gasteiger partial charge in [0.1, 0.15) is 6.26 Å². The van der Waals surface area contributed by atoms with E-state index >= 15 is 0 Å². The summed E-state index contributed by atoms with van der Waals surface area (Å²) < 4.78 is 31.9. The third-order valence-electron chi connectivity index (χ3n) is 4.53. The highest BCUT2D eigenvalue weighted by atomic mass is 127. The molecule has 0 spiro atoms. The Labute approximate surface area is 199 Å². The smallest absolute Gasteiger partial charge is 0.226 e. The second-order valence-corrected chi connectivity index (χ2v) is 10.0. The minimum atomic E-state index is -3.24. The van der Waals surface area contributed by atoms with E-state index in [9.17, 15) is 8.42 Å². The average molecular weight is 566 g/mol. The molecule has 166 valence electrons. The van der Waals surface area contributed by atoms with Crippen LogP contribution >= 0.6 is 35.7 Å². The van der Waals surface area contributed by atoms with Gasteiger partial charge in [0.25, 0.3) is 0 Å². The van der Waals surface area contributed by atoms with Crippen LogP contribution in [0.15, 0.2) is 39.9 Å². The summed E-state index contributed by atoms with van der Waals surface area (Å²) in [5.41, 5.74) is 2.84. The van der Waals surface area contributed by atoms with Crippen LogP contribution in [-0.2, 0) is 16.6 Å². The number of nitrogens with zero attached hydrogens (tertiary/aromatic N) is 3. The van der Waals surface area contributed by atoms with Gasteiger partial charge in [-0.25, -0.2) is 17.7 Å². The number of halogens is 1. The quantitative estimate of drug-likeness (QED) is 0.302. The van der Waals surface area contributed by atoms with E-state index in [2.05, 4.69) is 20.6 Å². The predicted molar refractivity (Wildman–Crippen MR) is 133 cm³/mol. The van der Waals surface area contributed by atoms with Crippen LogP contribution in [-0.4, -0.2) is 67.6 Å². The number of nitrogens with one attached hydrogen (secondary N) is 2. The first-order valence-electron chi connectivity index (χ1n) is 9.49. The first-order chi connectivity index (χ1) is 14.0. The third-order valence-corrected chi connectivity index (χ3v) is 7.34. The number of aromatic nitrogens is 1. The molecule has 0 unspecified atom stereocenters. The summed E-state index contributed by atoms with van der Waals surface area (Å²) >= 11 is 1.79. The number of benzene rings is 1. The van der Waals surface area contributed by atoms with Crippen LogP contribution in [0.1, 0.15) is 11.3 Å². The molecule has 1 fully saturated rings. The maximum absolute atomic E-state index is 12.4. The van der Waals surface area contributed by atoms with Gasteiger partial charge in [0, 0.05) is 43.8 Å². The molecule has 1 aliphatic rings. The maximum atomic E-state index is 12.4. The van der Waals surface area contributed by atoms with Crippen molar-refractivity contribution in [3.8, 4) is 11.5 Å². The normalized spacial score (nSPS) is 15.5. The van der Waals surface area contributed by atoms with Gasteiger partial charge in [0.05, 0.1) is 18.0 Å². The lowest BCUT2D eigenvalue weighted by atomic mass is 10.1. The van der Waals surface area contributed by atoms with Crippen LogP contribution in [0.3, 0.4) is 0 Å². The number of thioether (sulfide) groups is 1. The largest absolute Gasteiger partial charge is 0.444 e. The molecule has 2 N–H and O–H groups in total. The number of aliphatic imine (C=N–C) groups is 1. The van der Waals surface area contributed by atoms with Crippen LogP contribution in [0.4, 0.5) is 0 Å². The molecule has 0 saturated carbocycles. The lowest BCUT2D eigenvalue weighted by Gasteiger charge is -2.25. The molecular formula is C19H28IN5O3S2. The van der Waals surface area contributed by atoms with E-state index in [1.54, 1.807) is 29.4 Å². The molecular weight excluding hydrogens is 537 g/mol. The Hall–Kier alpha value is -1.31. The summed E-state index contributed by atoms with van der Waals surface area (Å²) in [7, 11) is -1.59. The topological polar surface area (TPSA) is 99.8 Å². The van der Waals surface area contributed by atoms with Gasteiger partial charge in [0.2, 0.25) is 15.9 Å². The number of sulfonamides is 1. The zero-order chi connectivity index (χ0) is 20.7. The number of hydrogen-bond acceptors (Lipinski definition) is 6. The summed E-state index contributed by atoms with van der Waals surface area (Å²) in [4.78, 5) is 8.61. The van der Waals surface area contributed by atoms with Gasteiger partial charge in [-0.1, -0.05) is 17.7 Å². The number of hydrogen-bond donors (Lipinski definition) is 2. The summed E-state index contributed by atoms with van der Waals surface area (Å²) in [6, 6.07) is 7.97. The monoisotopic (exact) mass is 565 g/mol. The molecule has 1 saturated heterocycles. The van der Waals surface area contributed by atoms with Gasteiger partial charge < -0.3 is 15.1 Å². The molecule has 0 amide bonds. The summed E-state index contributed by atoms with van der Waals surface area (Å²) in [6.45, 7) is 3.93. The van der Waals surface area contributed by atoms with Crippen molar-refractivity contribution in [2.45, 2.75) is 13.5 Å². The minimum Gasteiger partial charge on any atom is -0.444 e. The first-order valence-corrected chi connectivity index (χ1v) is 12.3. The highest BCUT2D eigenvalue weighted by molar-refractivity contribution is 14.0.